The zero-order valence-corrected chi connectivity index (χ0v) is 11.8. The summed E-state index contributed by atoms with van der Waals surface area (Å²) in [5, 5.41) is 14.3. The summed E-state index contributed by atoms with van der Waals surface area (Å²) in [6.45, 7) is 7.49. The molecule has 1 aliphatic carbocycles. The highest BCUT2D eigenvalue weighted by Crippen LogP contribution is 2.58. The van der Waals surface area contributed by atoms with Gasteiger partial charge in [-0.05, 0) is 19.3 Å². The number of hydrogen-bond donors (Lipinski definition) is 3. The van der Waals surface area contributed by atoms with Gasteiger partial charge in [0.05, 0.1) is 11.8 Å². The Hall–Kier alpha value is -1.59. The van der Waals surface area contributed by atoms with Crippen molar-refractivity contribution in [3.63, 3.8) is 0 Å². The molecule has 1 aliphatic rings. The van der Waals surface area contributed by atoms with E-state index in [0.29, 0.717) is 0 Å². The van der Waals surface area contributed by atoms with E-state index < -0.39 is 23.2 Å². The summed E-state index contributed by atoms with van der Waals surface area (Å²) >= 11 is 0. The van der Waals surface area contributed by atoms with Crippen LogP contribution in [0.3, 0.4) is 0 Å². The summed E-state index contributed by atoms with van der Waals surface area (Å²) in [6.07, 6.45) is 0.203. The average molecular weight is 270 g/mol. The summed E-state index contributed by atoms with van der Waals surface area (Å²) in [4.78, 5) is 34.1. The largest absolute Gasteiger partial charge is 0.481 e. The van der Waals surface area contributed by atoms with Crippen molar-refractivity contribution in [3.05, 3.63) is 0 Å². The Labute approximate surface area is 112 Å². The van der Waals surface area contributed by atoms with E-state index in [-0.39, 0.29) is 30.8 Å². The monoisotopic (exact) mass is 270 g/mol. The van der Waals surface area contributed by atoms with E-state index >= 15 is 0 Å². The number of nitrogens with one attached hydrogen (secondary N) is 2. The van der Waals surface area contributed by atoms with Crippen molar-refractivity contribution < 1.29 is 19.5 Å². The van der Waals surface area contributed by atoms with Gasteiger partial charge < -0.3 is 15.7 Å². The van der Waals surface area contributed by atoms with Crippen molar-refractivity contribution in [2.45, 2.75) is 40.2 Å². The van der Waals surface area contributed by atoms with Gasteiger partial charge in [-0.15, -0.1) is 0 Å². The van der Waals surface area contributed by atoms with Gasteiger partial charge in [-0.1, -0.05) is 13.8 Å². The summed E-state index contributed by atoms with van der Waals surface area (Å²) in [5.74, 6) is -2.48. The molecule has 0 radical (unpaired) electrons. The first kappa shape index (κ1) is 15.5. The summed E-state index contributed by atoms with van der Waals surface area (Å²) in [6, 6.07) is 0.0713. The Morgan fingerprint density at radius 2 is 1.79 bits per heavy atom. The van der Waals surface area contributed by atoms with Crippen LogP contribution >= 0.6 is 0 Å². The third kappa shape index (κ3) is 3.68. The van der Waals surface area contributed by atoms with E-state index in [0.717, 1.165) is 0 Å². The molecule has 0 aromatic carbocycles. The maximum absolute atomic E-state index is 11.8. The Morgan fingerprint density at radius 1 is 1.21 bits per heavy atom. The van der Waals surface area contributed by atoms with E-state index in [1.807, 2.05) is 13.8 Å². The lowest BCUT2D eigenvalue weighted by molar-refractivity contribution is -0.140. The predicted molar refractivity (Wildman–Crippen MR) is 69.3 cm³/mol. The molecular weight excluding hydrogens is 248 g/mol. The molecule has 0 unspecified atom stereocenters. The van der Waals surface area contributed by atoms with E-state index in [9.17, 15) is 14.4 Å². The fourth-order valence-corrected chi connectivity index (χ4v) is 2.39. The van der Waals surface area contributed by atoms with Crippen LogP contribution in [0.2, 0.25) is 0 Å². The van der Waals surface area contributed by atoms with Crippen LogP contribution in [0.25, 0.3) is 0 Å². The molecule has 0 aliphatic heterocycles. The van der Waals surface area contributed by atoms with Crippen LogP contribution in [0.15, 0.2) is 0 Å². The number of hydrogen-bond acceptors (Lipinski definition) is 3. The molecule has 0 saturated heterocycles. The zero-order chi connectivity index (χ0) is 14.8. The van der Waals surface area contributed by atoms with Crippen molar-refractivity contribution in [1.29, 1.82) is 0 Å². The van der Waals surface area contributed by atoms with Crippen molar-refractivity contribution in [3.8, 4) is 0 Å². The minimum absolute atomic E-state index is 0.0713. The molecule has 6 nitrogen and oxygen atoms in total. The standard InChI is InChI=1S/C13H22N2O4/c1-7(2)15-8(16)5-6-14-11(17)9-10(12(18)19)13(9,3)4/h7,9-10H,5-6H2,1-4H3,(H,14,17)(H,15,16)(H,18,19)/t9-,10+/m1/s1. The maximum atomic E-state index is 11.8. The third-order valence-electron chi connectivity index (χ3n) is 3.48. The minimum atomic E-state index is -0.942. The van der Waals surface area contributed by atoms with Gasteiger partial charge in [0.15, 0.2) is 0 Å². The van der Waals surface area contributed by atoms with Crippen molar-refractivity contribution in [2.75, 3.05) is 6.54 Å². The quantitative estimate of drug-likeness (QED) is 0.650. The lowest BCUT2D eigenvalue weighted by Crippen LogP contribution is -2.35. The lowest BCUT2D eigenvalue weighted by Gasteiger charge is -2.09. The molecule has 0 aromatic heterocycles. The molecule has 2 atom stereocenters. The number of carboxylic acid groups (broad SMARTS) is 1. The predicted octanol–water partition coefficient (Wildman–Crippen LogP) is 0.374. The number of carbonyl (C=O) groups excluding carboxylic acids is 2. The van der Waals surface area contributed by atoms with Gasteiger partial charge in [0.25, 0.3) is 0 Å². The first-order valence-electron chi connectivity index (χ1n) is 6.47. The van der Waals surface area contributed by atoms with Crippen LogP contribution in [-0.4, -0.2) is 35.5 Å². The molecule has 1 rings (SSSR count). The van der Waals surface area contributed by atoms with Crippen molar-refractivity contribution in [1.82, 2.24) is 10.6 Å². The Morgan fingerprint density at radius 3 is 2.21 bits per heavy atom. The van der Waals surface area contributed by atoms with E-state index in [4.69, 9.17) is 5.11 Å². The molecule has 6 heteroatoms. The molecule has 0 spiro atoms. The Bertz CT molecular complexity index is 390. The molecule has 108 valence electrons. The molecule has 1 fully saturated rings. The highest BCUT2D eigenvalue weighted by molar-refractivity contribution is 5.91. The second-order valence-corrected chi connectivity index (χ2v) is 5.88. The molecule has 1 saturated carbocycles. The molecule has 19 heavy (non-hydrogen) atoms. The van der Waals surface area contributed by atoms with Gasteiger partial charge in [-0.25, -0.2) is 0 Å². The lowest BCUT2D eigenvalue weighted by atomic mass is 10.1. The molecule has 3 N–H and O–H groups in total. The van der Waals surface area contributed by atoms with Gasteiger partial charge in [0.2, 0.25) is 11.8 Å². The second-order valence-electron chi connectivity index (χ2n) is 5.88. The van der Waals surface area contributed by atoms with Crippen molar-refractivity contribution >= 4 is 17.8 Å². The molecular formula is C13H22N2O4. The van der Waals surface area contributed by atoms with E-state index in [2.05, 4.69) is 10.6 Å². The summed E-state index contributed by atoms with van der Waals surface area (Å²) in [7, 11) is 0. The smallest absolute Gasteiger partial charge is 0.307 e. The molecule has 0 aromatic rings. The molecule has 2 amide bonds. The zero-order valence-electron chi connectivity index (χ0n) is 11.8. The minimum Gasteiger partial charge on any atom is -0.481 e. The number of carboxylic acids is 1. The number of amides is 2. The normalized spacial score (nSPS) is 23.8. The van der Waals surface area contributed by atoms with Gasteiger partial charge in [0, 0.05) is 19.0 Å². The van der Waals surface area contributed by atoms with Gasteiger partial charge in [-0.2, -0.15) is 0 Å². The first-order chi connectivity index (χ1) is 8.67. The SMILES string of the molecule is CC(C)NC(=O)CCNC(=O)[C@H]1[C@@H](C(=O)O)C1(C)C. The third-order valence-corrected chi connectivity index (χ3v) is 3.48. The van der Waals surface area contributed by atoms with Gasteiger partial charge >= 0.3 is 5.97 Å². The van der Waals surface area contributed by atoms with Crippen molar-refractivity contribution in [2.24, 2.45) is 17.3 Å². The highest BCUT2D eigenvalue weighted by atomic mass is 16.4. The summed E-state index contributed by atoms with van der Waals surface area (Å²) < 4.78 is 0. The Balaban J connectivity index is 2.34. The number of rotatable bonds is 6. The van der Waals surface area contributed by atoms with Crippen LogP contribution in [-0.2, 0) is 14.4 Å². The van der Waals surface area contributed by atoms with Gasteiger partial charge in [0.1, 0.15) is 0 Å². The van der Waals surface area contributed by atoms with Crippen LogP contribution < -0.4 is 10.6 Å². The van der Waals surface area contributed by atoms with Gasteiger partial charge in [-0.3, -0.25) is 14.4 Å². The molecule has 0 bridgehead atoms. The average Bonchev–Trinajstić information content (AvgIpc) is 2.80. The van der Waals surface area contributed by atoms with E-state index in [1.54, 1.807) is 13.8 Å². The molecule has 0 heterocycles. The fourth-order valence-electron chi connectivity index (χ4n) is 2.39. The highest BCUT2D eigenvalue weighted by Gasteiger charge is 2.65. The Kier molecular flexibility index (Phi) is 4.55. The number of aliphatic carboxylic acids is 1. The van der Waals surface area contributed by atoms with Crippen LogP contribution in [0.5, 0.6) is 0 Å². The topological polar surface area (TPSA) is 95.5 Å². The summed E-state index contributed by atoms with van der Waals surface area (Å²) in [5.41, 5.74) is -0.504. The first-order valence-corrected chi connectivity index (χ1v) is 6.47. The van der Waals surface area contributed by atoms with Crippen LogP contribution in [0.4, 0.5) is 0 Å². The van der Waals surface area contributed by atoms with Crippen LogP contribution in [0, 0.1) is 17.3 Å². The van der Waals surface area contributed by atoms with Crippen LogP contribution in [0.1, 0.15) is 34.1 Å². The second kappa shape index (κ2) is 5.59. The maximum Gasteiger partial charge on any atom is 0.307 e. The number of carbonyl (C=O) groups is 3. The van der Waals surface area contributed by atoms with E-state index in [1.165, 1.54) is 0 Å². The fraction of sp³-hybridized carbons (Fsp3) is 0.769.